The molecule has 2 aromatic carbocycles. The first-order valence-corrected chi connectivity index (χ1v) is 8.26. The van der Waals surface area contributed by atoms with Crippen LogP contribution in [0.15, 0.2) is 30.3 Å². The quantitative estimate of drug-likeness (QED) is 0.566. The summed E-state index contributed by atoms with van der Waals surface area (Å²) in [4.78, 5) is 11.3. The molecule has 0 saturated heterocycles. The van der Waals surface area contributed by atoms with Crippen molar-refractivity contribution in [1.29, 1.82) is 0 Å². The van der Waals surface area contributed by atoms with Crippen LogP contribution in [0, 0.1) is 0 Å². The maximum Gasteiger partial charge on any atom is 0.308 e. The summed E-state index contributed by atoms with van der Waals surface area (Å²) in [6, 6.07) is 9.88. The lowest BCUT2D eigenvalue weighted by molar-refractivity contribution is -0.131. The molecular formula is C18H16Cl2O4. The van der Waals surface area contributed by atoms with E-state index in [4.69, 9.17) is 37.4 Å². The smallest absolute Gasteiger partial charge is 0.308 e. The maximum atomic E-state index is 11.3. The molecule has 4 nitrogen and oxygen atoms in total. The van der Waals surface area contributed by atoms with Crippen LogP contribution in [-0.2, 0) is 11.2 Å². The van der Waals surface area contributed by atoms with Crippen LogP contribution < -0.4 is 14.2 Å². The molecule has 24 heavy (non-hydrogen) atoms. The molecule has 0 aromatic heterocycles. The molecular weight excluding hydrogens is 351 g/mol. The molecule has 0 bridgehead atoms. The fourth-order valence-corrected chi connectivity index (χ4v) is 3.51. The van der Waals surface area contributed by atoms with Crippen molar-refractivity contribution in [2.24, 2.45) is 0 Å². The Hall–Kier alpha value is -1.91. The van der Waals surface area contributed by atoms with Gasteiger partial charge >= 0.3 is 5.97 Å². The van der Waals surface area contributed by atoms with Gasteiger partial charge in [0, 0.05) is 12.5 Å². The predicted molar refractivity (Wildman–Crippen MR) is 92.5 cm³/mol. The fraction of sp³-hybridized carbons (Fsp3) is 0.278. The Labute approximate surface area is 150 Å². The van der Waals surface area contributed by atoms with Crippen molar-refractivity contribution in [2.45, 2.75) is 25.9 Å². The molecule has 1 aliphatic rings. The van der Waals surface area contributed by atoms with Crippen LogP contribution in [0.4, 0.5) is 0 Å². The fourth-order valence-electron chi connectivity index (χ4n) is 2.85. The highest BCUT2D eigenvalue weighted by Crippen LogP contribution is 2.53. The van der Waals surface area contributed by atoms with Gasteiger partial charge in [0.05, 0.1) is 7.11 Å². The lowest BCUT2D eigenvalue weighted by Gasteiger charge is -2.29. The van der Waals surface area contributed by atoms with Crippen molar-refractivity contribution in [2.75, 3.05) is 7.11 Å². The first kappa shape index (κ1) is 16.9. The van der Waals surface area contributed by atoms with E-state index in [1.165, 1.54) is 14.0 Å². The van der Waals surface area contributed by atoms with Gasteiger partial charge in [-0.3, -0.25) is 4.79 Å². The van der Waals surface area contributed by atoms with Gasteiger partial charge in [-0.1, -0.05) is 53.5 Å². The zero-order valence-electron chi connectivity index (χ0n) is 13.3. The number of esters is 1. The van der Waals surface area contributed by atoms with Crippen LogP contribution in [0.1, 0.15) is 30.6 Å². The Morgan fingerprint density at radius 2 is 1.88 bits per heavy atom. The van der Waals surface area contributed by atoms with E-state index in [-0.39, 0.29) is 21.9 Å². The van der Waals surface area contributed by atoms with Crippen molar-refractivity contribution < 1.29 is 19.0 Å². The zero-order valence-corrected chi connectivity index (χ0v) is 14.8. The average Bonchev–Trinajstić information content (AvgIpc) is 2.59. The number of carbonyl (C=O) groups excluding carboxylic acids is 1. The molecule has 0 fully saturated rings. The SMILES string of the molecule is COc1c(Cl)c(OC(C)=O)c(Cl)c2c1CCC(c1ccccc1)O2. The largest absolute Gasteiger partial charge is 0.495 e. The van der Waals surface area contributed by atoms with Crippen molar-refractivity contribution in [1.82, 2.24) is 0 Å². The highest BCUT2D eigenvalue weighted by molar-refractivity contribution is 6.39. The highest BCUT2D eigenvalue weighted by atomic mass is 35.5. The molecule has 126 valence electrons. The van der Waals surface area contributed by atoms with Gasteiger partial charge in [0.2, 0.25) is 0 Å². The van der Waals surface area contributed by atoms with E-state index < -0.39 is 5.97 Å². The second kappa shape index (κ2) is 6.91. The summed E-state index contributed by atoms with van der Waals surface area (Å²) in [7, 11) is 1.51. The van der Waals surface area contributed by atoms with E-state index in [2.05, 4.69) is 0 Å². The van der Waals surface area contributed by atoms with Crippen molar-refractivity contribution in [3.05, 3.63) is 51.5 Å². The second-order valence-electron chi connectivity index (χ2n) is 5.45. The van der Waals surface area contributed by atoms with Gasteiger partial charge in [-0.2, -0.15) is 0 Å². The van der Waals surface area contributed by atoms with Gasteiger partial charge < -0.3 is 14.2 Å². The molecule has 0 amide bonds. The summed E-state index contributed by atoms with van der Waals surface area (Å²) in [6.07, 6.45) is 1.33. The minimum Gasteiger partial charge on any atom is -0.495 e. The van der Waals surface area contributed by atoms with Crippen molar-refractivity contribution >= 4 is 29.2 Å². The molecule has 2 aromatic rings. The standard InChI is InChI=1S/C18H16Cl2O4/c1-10(21)23-18-14(19)16(22-2)12-8-9-13(24-17(12)15(18)20)11-6-4-3-5-7-11/h3-7,13H,8-9H2,1-2H3. The predicted octanol–water partition coefficient (Wildman–Crippen LogP) is 4.99. The number of rotatable bonds is 3. The Bertz CT molecular complexity index is 775. The number of benzene rings is 2. The number of fused-ring (bicyclic) bond motifs is 1. The minimum atomic E-state index is -0.517. The Balaban J connectivity index is 2.07. The third-order valence-corrected chi connectivity index (χ3v) is 4.57. The third kappa shape index (κ3) is 3.04. The van der Waals surface area contributed by atoms with Crippen LogP contribution in [-0.4, -0.2) is 13.1 Å². The number of carbonyl (C=O) groups is 1. The number of methoxy groups -OCH3 is 1. The monoisotopic (exact) mass is 366 g/mol. The lowest BCUT2D eigenvalue weighted by atomic mass is 9.96. The van der Waals surface area contributed by atoms with E-state index in [1.807, 2.05) is 30.3 Å². The molecule has 1 heterocycles. The molecule has 6 heteroatoms. The third-order valence-electron chi connectivity index (χ3n) is 3.88. The topological polar surface area (TPSA) is 44.8 Å². The Morgan fingerprint density at radius 1 is 1.17 bits per heavy atom. The lowest BCUT2D eigenvalue weighted by Crippen LogP contribution is -2.17. The van der Waals surface area contributed by atoms with E-state index >= 15 is 0 Å². The van der Waals surface area contributed by atoms with Gasteiger partial charge in [0.15, 0.2) is 5.75 Å². The Kier molecular flexibility index (Phi) is 4.88. The average molecular weight is 367 g/mol. The van der Waals surface area contributed by atoms with Crippen LogP contribution >= 0.6 is 23.2 Å². The van der Waals surface area contributed by atoms with Crippen LogP contribution in [0.3, 0.4) is 0 Å². The normalized spacial score (nSPS) is 16.1. The second-order valence-corrected chi connectivity index (χ2v) is 6.20. The van der Waals surface area contributed by atoms with Gasteiger partial charge in [0.1, 0.15) is 27.6 Å². The number of hydrogen-bond donors (Lipinski definition) is 0. The van der Waals surface area contributed by atoms with Crippen LogP contribution in [0.2, 0.25) is 10.0 Å². The van der Waals surface area contributed by atoms with Crippen LogP contribution in [0.25, 0.3) is 0 Å². The van der Waals surface area contributed by atoms with Gasteiger partial charge in [-0.05, 0) is 18.4 Å². The van der Waals surface area contributed by atoms with E-state index in [9.17, 15) is 4.79 Å². The highest BCUT2D eigenvalue weighted by Gasteiger charge is 2.31. The summed E-state index contributed by atoms with van der Waals surface area (Å²) >= 11 is 12.7. The van der Waals surface area contributed by atoms with Crippen molar-refractivity contribution in [3.63, 3.8) is 0 Å². The molecule has 0 spiro atoms. The maximum absolute atomic E-state index is 11.3. The Morgan fingerprint density at radius 3 is 2.50 bits per heavy atom. The number of ether oxygens (including phenoxy) is 3. The molecule has 0 saturated carbocycles. The number of halogens is 2. The molecule has 1 atom stereocenters. The van der Waals surface area contributed by atoms with Gasteiger partial charge in [0.25, 0.3) is 0 Å². The van der Waals surface area contributed by atoms with Crippen LogP contribution in [0.5, 0.6) is 17.2 Å². The minimum absolute atomic E-state index is 0.0649. The number of hydrogen-bond acceptors (Lipinski definition) is 4. The molecule has 0 N–H and O–H groups in total. The summed E-state index contributed by atoms with van der Waals surface area (Å²) in [6.45, 7) is 1.28. The first-order chi connectivity index (χ1) is 11.5. The summed E-state index contributed by atoms with van der Waals surface area (Å²) in [5.74, 6) is 0.430. The molecule has 0 radical (unpaired) electrons. The van der Waals surface area contributed by atoms with Gasteiger partial charge in [-0.15, -0.1) is 0 Å². The molecule has 3 rings (SSSR count). The summed E-state index contributed by atoms with van der Waals surface area (Å²) in [5.41, 5.74) is 1.85. The first-order valence-electron chi connectivity index (χ1n) is 7.50. The summed E-state index contributed by atoms with van der Waals surface area (Å²) < 4.78 is 16.7. The summed E-state index contributed by atoms with van der Waals surface area (Å²) in [5, 5.41) is 0.366. The molecule has 1 aliphatic heterocycles. The van der Waals surface area contributed by atoms with E-state index in [0.717, 1.165) is 17.5 Å². The van der Waals surface area contributed by atoms with Crippen molar-refractivity contribution in [3.8, 4) is 17.2 Å². The molecule has 0 aliphatic carbocycles. The molecule has 1 unspecified atom stereocenters. The zero-order chi connectivity index (χ0) is 17.3. The van der Waals surface area contributed by atoms with E-state index in [1.54, 1.807) is 0 Å². The van der Waals surface area contributed by atoms with Gasteiger partial charge in [-0.25, -0.2) is 0 Å². The van der Waals surface area contributed by atoms with E-state index in [0.29, 0.717) is 17.9 Å².